The predicted molar refractivity (Wildman–Crippen MR) is 77.4 cm³/mol. The van der Waals surface area contributed by atoms with Crippen molar-refractivity contribution in [2.75, 3.05) is 0 Å². The van der Waals surface area contributed by atoms with Gasteiger partial charge in [0.15, 0.2) is 0 Å². The largest absolute Gasteiger partial charge is 0.455 e. The van der Waals surface area contributed by atoms with Crippen molar-refractivity contribution >= 4 is 0 Å². The number of pyridine rings is 1. The van der Waals surface area contributed by atoms with Crippen molar-refractivity contribution in [1.82, 2.24) is 4.98 Å². The third kappa shape index (κ3) is 3.32. The molecule has 1 atom stereocenters. The number of rotatable bonds is 4. The molecule has 100 valence electrons. The minimum absolute atomic E-state index is 0.00448. The number of nitrogens with two attached hydrogens (primary N) is 1. The number of aromatic nitrogens is 1. The molecule has 0 amide bonds. The van der Waals surface area contributed by atoms with Gasteiger partial charge in [0.2, 0.25) is 0 Å². The summed E-state index contributed by atoms with van der Waals surface area (Å²) in [7, 11) is 0. The van der Waals surface area contributed by atoms with Crippen LogP contribution in [0.25, 0.3) is 0 Å². The molecule has 1 aromatic heterocycles. The summed E-state index contributed by atoms with van der Waals surface area (Å²) >= 11 is 0. The first-order chi connectivity index (χ1) is 9.10. The van der Waals surface area contributed by atoms with E-state index in [4.69, 9.17) is 10.5 Å². The van der Waals surface area contributed by atoms with Crippen LogP contribution in [0.15, 0.2) is 36.5 Å². The summed E-state index contributed by atoms with van der Waals surface area (Å²) < 4.78 is 5.83. The molecule has 2 rings (SSSR count). The van der Waals surface area contributed by atoms with Crippen LogP contribution in [-0.4, -0.2) is 4.98 Å². The first kappa shape index (κ1) is 13.6. The normalized spacial score (nSPS) is 12.2. The molecule has 2 aromatic rings. The molecule has 0 saturated carbocycles. The topological polar surface area (TPSA) is 48.1 Å². The Hall–Kier alpha value is -1.87. The van der Waals surface area contributed by atoms with Crippen molar-refractivity contribution in [3.63, 3.8) is 0 Å². The van der Waals surface area contributed by atoms with Gasteiger partial charge in [-0.15, -0.1) is 0 Å². The molecule has 3 heteroatoms. The Bertz CT molecular complexity index is 549. The molecule has 0 fully saturated rings. The fourth-order valence-corrected chi connectivity index (χ4v) is 1.92. The quantitative estimate of drug-likeness (QED) is 0.902. The first-order valence-corrected chi connectivity index (χ1v) is 6.56. The minimum atomic E-state index is -0.00448. The zero-order chi connectivity index (χ0) is 13.8. The highest BCUT2D eigenvalue weighted by Gasteiger charge is 2.06. The molecule has 0 bridgehead atoms. The van der Waals surface area contributed by atoms with Gasteiger partial charge >= 0.3 is 0 Å². The number of hydrogen-bond donors (Lipinski definition) is 1. The molecule has 3 nitrogen and oxygen atoms in total. The molecule has 0 unspecified atom stereocenters. The van der Waals surface area contributed by atoms with Gasteiger partial charge in [-0.3, -0.25) is 4.98 Å². The maximum Gasteiger partial charge on any atom is 0.145 e. The standard InChI is InChI=1S/C16H20N2O/c1-4-14(17)15-7-6-13(10-18-15)19-16-8-5-11(2)9-12(16)3/h5-10,14H,4,17H2,1-3H3/t14-/m0/s1. The van der Waals surface area contributed by atoms with E-state index in [2.05, 4.69) is 18.0 Å². The Balaban J connectivity index is 2.15. The zero-order valence-electron chi connectivity index (χ0n) is 11.7. The second-order valence-electron chi connectivity index (χ2n) is 4.80. The van der Waals surface area contributed by atoms with E-state index >= 15 is 0 Å². The van der Waals surface area contributed by atoms with Gasteiger partial charge in [-0.25, -0.2) is 0 Å². The third-order valence-electron chi connectivity index (χ3n) is 3.14. The summed E-state index contributed by atoms with van der Waals surface area (Å²) in [4.78, 5) is 4.34. The van der Waals surface area contributed by atoms with Crippen LogP contribution in [0.5, 0.6) is 11.5 Å². The van der Waals surface area contributed by atoms with E-state index in [-0.39, 0.29) is 6.04 Å². The fourth-order valence-electron chi connectivity index (χ4n) is 1.92. The highest BCUT2D eigenvalue weighted by Crippen LogP contribution is 2.25. The van der Waals surface area contributed by atoms with Crippen LogP contribution in [0.2, 0.25) is 0 Å². The predicted octanol–water partition coefficient (Wildman–Crippen LogP) is 3.90. The van der Waals surface area contributed by atoms with Crippen molar-refractivity contribution in [2.45, 2.75) is 33.2 Å². The summed E-state index contributed by atoms with van der Waals surface area (Å²) in [6, 6.07) is 9.96. The summed E-state index contributed by atoms with van der Waals surface area (Å²) in [5.74, 6) is 1.60. The van der Waals surface area contributed by atoms with E-state index in [9.17, 15) is 0 Å². The van der Waals surface area contributed by atoms with Crippen molar-refractivity contribution in [3.05, 3.63) is 53.3 Å². The number of aryl methyl sites for hydroxylation is 2. The second kappa shape index (κ2) is 5.85. The van der Waals surface area contributed by atoms with Crippen LogP contribution in [-0.2, 0) is 0 Å². The van der Waals surface area contributed by atoms with E-state index in [0.717, 1.165) is 29.2 Å². The lowest BCUT2D eigenvalue weighted by Crippen LogP contribution is -2.10. The Morgan fingerprint density at radius 3 is 2.58 bits per heavy atom. The molecule has 0 radical (unpaired) electrons. The Morgan fingerprint density at radius 2 is 2.00 bits per heavy atom. The van der Waals surface area contributed by atoms with Crippen LogP contribution >= 0.6 is 0 Å². The average Bonchev–Trinajstić information content (AvgIpc) is 2.42. The molecule has 19 heavy (non-hydrogen) atoms. The lowest BCUT2D eigenvalue weighted by Gasteiger charge is -2.11. The molecule has 0 aliphatic carbocycles. The van der Waals surface area contributed by atoms with Gasteiger partial charge in [0.1, 0.15) is 11.5 Å². The molecular weight excluding hydrogens is 236 g/mol. The molecule has 1 heterocycles. The SMILES string of the molecule is CC[C@H](N)c1ccc(Oc2ccc(C)cc2C)cn1. The molecule has 0 spiro atoms. The maximum atomic E-state index is 5.93. The van der Waals surface area contributed by atoms with Crippen LogP contribution in [0.1, 0.15) is 36.2 Å². The van der Waals surface area contributed by atoms with Crippen molar-refractivity contribution in [1.29, 1.82) is 0 Å². The van der Waals surface area contributed by atoms with Crippen molar-refractivity contribution in [2.24, 2.45) is 5.73 Å². The van der Waals surface area contributed by atoms with Crippen LogP contribution in [0, 0.1) is 13.8 Å². The van der Waals surface area contributed by atoms with E-state index in [1.807, 2.05) is 38.1 Å². The van der Waals surface area contributed by atoms with Gasteiger partial charge in [-0.1, -0.05) is 24.6 Å². The first-order valence-electron chi connectivity index (χ1n) is 6.56. The van der Waals surface area contributed by atoms with E-state index in [1.54, 1.807) is 6.20 Å². The van der Waals surface area contributed by atoms with Crippen LogP contribution in [0.4, 0.5) is 0 Å². The van der Waals surface area contributed by atoms with E-state index in [0.29, 0.717) is 0 Å². The third-order valence-corrected chi connectivity index (χ3v) is 3.14. The second-order valence-corrected chi connectivity index (χ2v) is 4.80. The molecule has 0 saturated heterocycles. The van der Waals surface area contributed by atoms with Crippen LogP contribution < -0.4 is 10.5 Å². The van der Waals surface area contributed by atoms with E-state index in [1.165, 1.54) is 5.56 Å². The summed E-state index contributed by atoms with van der Waals surface area (Å²) in [6.07, 6.45) is 2.61. The summed E-state index contributed by atoms with van der Waals surface area (Å²) in [5.41, 5.74) is 9.18. The van der Waals surface area contributed by atoms with Crippen molar-refractivity contribution < 1.29 is 4.74 Å². The summed E-state index contributed by atoms with van der Waals surface area (Å²) in [6.45, 7) is 6.16. The smallest absolute Gasteiger partial charge is 0.145 e. The van der Waals surface area contributed by atoms with E-state index < -0.39 is 0 Å². The highest BCUT2D eigenvalue weighted by atomic mass is 16.5. The Labute approximate surface area is 114 Å². The lowest BCUT2D eigenvalue weighted by molar-refractivity contribution is 0.475. The monoisotopic (exact) mass is 256 g/mol. The highest BCUT2D eigenvalue weighted by molar-refractivity contribution is 5.39. The number of benzene rings is 1. The van der Waals surface area contributed by atoms with Crippen LogP contribution in [0.3, 0.4) is 0 Å². The molecule has 1 aromatic carbocycles. The molecule has 0 aliphatic rings. The zero-order valence-corrected chi connectivity index (χ0v) is 11.7. The maximum absolute atomic E-state index is 5.93. The van der Waals surface area contributed by atoms with Gasteiger partial charge in [-0.2, -0.15) is 0 Å². The Kier molecular flexibility index (Phi) is 4.17. The minimum Gasteiger partial charge on any atom is -0.455 e. The summed E-state index contributed by atoms with van der Waals surface area (Å²) in [5, 5.41) is 0. The van der Waals surface area contributed by atoms with Gasteiger partial charge in [0.05, 0.1) is 11.9 Å². The number of nitrogens with zero attached hydrogens (tertiary/aromatic N) is 1. The number of ether oxygens (including phenoxy) is 1. The van der Waals surface area contributed by atoms with Gasteiger partial charge in [0.25, 0.3) is 0 Å². The molecular formula is C16H20N2O. The lowest BCUT2D eigenvalue weighted by atomic mass is 10.1. The fraction of sp³-hybridized carbons (Fsp3) is 0.312. The van der Waals surface area contributed by atoms with Gasteiger partial charge in [-0.05, 0) is 44.0 Å². The van der Waals surface area contributed by atoms with Crippen molar-refractivity contribution in [3.8, 4) is 11.5 Å². The Morgan fingerprint density at radius 1 is 1.21 bits per heavy atom. The van der Waals surface area contributed by atoms with Gasteiger partial charge < -0.3 is 10.5 Å². The molecule has 0 aliphatic heterocycles. The number of hydrogen-bond acceptors (Lipinski definition) is 3. The van der Waals surface area contributed by atoms with Gasteiger partial charge in [0, 0.05) is 6.04 Å². The molecule has 2 N–H and O–H groups in total. The average molecular weight is 256 g/mol.